The van der Waals surface area contributed by atoms with Crippen molar-refractivity contribution in [1.29, 1.82) is 0 Å². The normalized spacial score (nSPS) is 15.5. The smallest absolute Gasteiger partial charge is 0.390 e. The summed E-state index contributed by atoms with van der Waals surface area (Å²) in [5.41, 5.74) is -1.81. The Bertz CT molecular complexity index is 539. The molecule has 2 nitrogen and oxygen atoms in total. The predicted molar refractivity (Wildman–Crippen MR) is 68.8 cm³/mol. The molecule has 0 aromatic heterocycles. The first kappa shape index (κ1) is 20.5. The fourth-order valence-electron chi connectivity index (χ4n) is 1.26. The van der Waals surface area contributed by atoms with E-state index in [1.807, 2.05) is 0 Å². The van der Waals surface area contributed by atoms with Crippen LogP contribution in [0.5, 0.6) is 0 Å². The van der Waals surface area contributed by atoms with Crippen LogP contribution in [-0.2, 0) is 0 Å². The highest BCUT2D eigenvalue weighted by Crippen LogP contribution is 2.43. The molecule has 0 aliphatic carbocycles. The molecule has 22 heavy (non-hydrogen) atoms. The first-order valence-electron chi connectivity index (χ1n) is 5.31. The third-order valence-electron chi connectivity index (χ3n) is 2.22. The number of thiocarbonyl (C=S) groups is 1. The van der Waals surface area contributed by atoms with Crippen LogP contribution in [0.3, 0.4) is 0 Å². The standard InChI is InChI=1S/C11H10F8N2S/c1-4(2)21-7(9(12,13)11(17,18)19)6(10(14,15)16)5(3)8(20)22/h1H2,2-3H3,(H2,20,22)/b6-5-,21-7+. The minimum atomic E-state index is -6.30. The van der Waals surface area contributed by atoms with Crippen molar-refractivity contribution < 1.29 is 35.1 Å². The van der Waals surface area contributed by atoms with Crippen molar-refractivity contribution in [2.45, 2.75) is 32.1 Å². The summed E-state index contributed by atoms with van der Waals surface area (Å²) in [6, 6.07) is 0. The van der Waals surface area contributed by atoms with E-state index in [-0.39, 0.29) is 0 Å². The highest BCUT2D eigenvalue weighted by molar-refractivity contribution is 7.80. The fourth-order valence-corrected chi connectivity index (χ4v) is 1.36. The maximum atomic E-state index is 13.4. The van der Waals surface area contributed by atoms with Gasteiger partial charge >= 0.3 is 18.3 Å². The zero-order valence-electron chi connectivity index (χ0n) is 11.2. The molecule has 0 aromatic rings. The molecule has 0 atom stereocenters. The van der Waals surface area contributed by atoms with E-state index < -0.39 is 45.8 Å². The second kappa shape index (κ2) is 6.31. The van der Waals surface area contributed by atoms with Crippen LogP contribution >= 0.6 is 12.2 Å². The van der Waals surface area contributed by atoms with Gasteiger partial charge in [0.25, 0.3) is 0 Å². The minimum absolute atomic E-state index is 0.575. The first-order valence-corrected chi connectivity index (χ1v) is 5.71. The molecule has 0 aromatic carbocycles. The number of aliphatic imine (C=N–C) groups is 1. The molecule has 0 rings (SSSR count). The molecular formula is C11H10F8N2S. The van der Waals surface area contributed by atoms with Gasteiger partial charge in [-0.15, -0.1) is 0 Å². The van der Waals surface area contributed by atoms with E-state index in [2.05, 4.69) is 23.8 Å². The van der Waals surface area contributed by atoms with Gasteiger partial charge in [-0.3, -0.25) is 4.99 Å². The largest absolute Gasteiger partial charge is 0.459 e. The molecule has 0 saturated heterocycles. The zero-order chi connectivity index (χ0) is 18.1. The molecule has 0 spiro atoms. The average Bonchev–Trinajstić information content (AvgIpc) is 2.23. The van der Waals surface area contributed by atoms with E-state index in [4.69, 9.17) is 5.73 Å². The Kier molecular flexibility index (Phi) is 5.87. The molecule has 0 fully saturated rings. The summed E-state index contributed by atoms with van der Waals surface area (Å²) in [6.07, 6.45) is -11.9. The lowest BCUT2D eigenvalue weighted by atomic mass is 9.98. The Balaban J connectivity index is 6.75. The van der Waals surface area contributed by atoms with Crippen LogP contribution < -0.4 is 5.73 Å². The molecular weight excluding hydrogens is 344 g/mol. The summed E-state index contributed by atoms with van der Waals surface area (Å²) in [4.78, 5) is 1.66. The Hall–Kier alpha value is -1.52. The summed E-state index contributed by atoms with van der Waals surface area (Å²) >= 11 is 4.23. The van der Waals surface area contributed by atoms with Gasteiger partial charge in [0.2, 0.25) is 0 Å². The maximum Gasteiger partial charge on any atom is 0.459 e. The number of halogens is 8. The SMILES string of the molecule is C=C(C)/N=C(\C(=C(/C)C(N)=S)C(F)(F)F)C(F)(F)C(F)(F)F. The van der Waals surface area contributed by atoms with Gasteiger partial charge in [-0.05, 0) is 19.4 Å². The average molecular weight is 354 g/mol. The van der Waals surface area contributed by atoms with Gasteiger partial charge in [0.05, 0.1) is 10.6 Å². The van der Waals surface area contributed by atoms with Crippen molar-refractivity contribution in [1.82, 2.24) is 0 Å². The Morgan fingerprint density at radius 3 is 1.64 bits per heavy atom. The van der Waals surface area contributed by atoms with E-state index in [1.165, 1.54) is 0 Å². The van der Waals surface area contributed by atoms with E-state index in [0.29, 0.717) is 6.92 Å². The van der Waals surface area contributed by atoms with Gasteiger partial charge in [0, 0.05) is 5.70 Å². The van der Waals surface area contributed by atoms with Gasteiger partial charge in [0.15, 0.2) is 0 Å². The van der Waals surface area contributed by atoms with Crippen LogP contribution in [0.25, 0.3) is 0 Å². The van der Waals surface area contributed by atoms with Gasteiger partial charge in [0.1, 0.15) is 5.71 Å². The molecule has 0 aliphatic rings. The summed E-state index contributed by atoms with van der Waals surface area (Å²) < 4.78 is 103. The van der Waals surface area contributed by atoms with Crippen molar-refractivity contribution in [2.75, 3.05) is 0 Å². The second-order valence-corrected chi connectivity index (χ2v) is 4.57. The monoisotopic (exact) mass is 354 g/mol. The Labute approximate surface area is 125 Å². The molecule has 126 valence electrons. The summed E-state index contributed by atoms with van der Waals surface area (Å²) in [5, 5.41) is 0. The lowest BCUT2D eigenvalue weighted by Crippen LogP contribution is -2.47. The number of nitrogens with two attached hydrogens (primary N) is 1. The predicted octanol–water partition coefficient (Wildman–Crippen LogP) is 4.32. The Morgan fingerprint density at radius 2 is 1.41 bits per heavy atom. The quantitative estimate of drug-likeness (QED) is 0.353. The summed E-state index contributed by atoms with van der Waals surface area (Å²) in [6.45, 7) is 4.35. The molecule has 0 saturated carbocycles. The van der Waals surface area contributed by atoms with Crippen LogP contribution in [0.2, 0.25) is 0 Å². The number of allylic oxidation sites excluding steroid dienone is 2. The number of nitrogens with zero attached hydrogens (tertiary/aromatic N) is 1. The molecule has 11 heteroatoms. The van der Waals surface area contributed by atoms with Crippen molar-refractivity contribution in [2.24, 2.45) is 10.7 Å². The van der Waals surface area contributed by atoms with Gasteiger partial charge in [-0.25, -0.2) is 0 Å². The van der Waals surface area contributed by atoms with E-state index in [1.54, 1.807) is 0 Å². The van der Waals surface area contributed by atoms with E-state index in [9.17, 15) is 35.1 Å². The molecule has 2 N–H and O–H groups in total. The zero-order valence-corrected chi connectivity index (χ0v) is 12.0. The van der Waals surface area contributed by atoms with Crippen molar-refractivity contribution in [3.05, 3.63) is 23.4 Å². The third kappa shape index (κ3) is 4.49. The fraction of sp³-hybridized carbons (Fsp3) is 0.455. The molecule has 0 heterocycles. The van der Waals surface area contributed by atoms with Crippen LogP contribution in [0.1, 0.15) is 13.8 Å². The third-order valence-corrected chi connectivity index (χ3v) is 2.53. The van der Waals surface area contributed by atoms with Crippen molar-refractivity contribution in [3.63, 3.8) is 0 Å². The topological polar surface area (TPSA) is 38.4 Å². The molecule has 0 radical (unpaired) electrons. The lowest BCUT2D eigenvalue weighted by molar-refractivity contribution is -0.249. The van der Waals surface area contributed by atoms with Crippen LogP contribution in [0.4, 0.5) is 35.1 Å². The van der Waals surface area contributed by atoms with Crippen LogP contribution in [-0.4, -0.2) is 29.0 Å². The Morgan fingerprint density at radius 1 is 1.00 bits per heavy atom. The minimum Gasteiger partial charge on any atom is -0.390 e. The highest BCUT2D eigenvalue weighted by atomic mass is 32.1. The second-order valence-electron chi connectivity index (χ2n) is 4.13. The molecule has 0 aliphatic heterocycles. The van der Waals surface area contributed by atoms with Crippen molar-refractivity contribution in [3.8, 4) is 0 Å². The lowest BCUT2D eigenvalue weighted by Gasteiger charge is -2.25. The summed E-state index contributed by atoms with van der Waals surface area (Å²) in [7, 11) is 0. The van der Waals surface area contributed by atoms with Gasteiger partial charge in [-0.2, -0.15) is 35.1 Å². The number of rotatable bonds is 4. The maximum absolute atomic E-state index is 13.4. The van der Waals surface area contributed by atoms with Crippen LogP contribution in [0.15, 0.2) is 28.4 Å². The highest BCUT2D eigenvalue weighted by Gasteiger charge is 2.64. The molecule has 0 amide bonds. The van der Waals surface area contributed by atoms with Gasteiger partial charge < -0.3 is 5.73 Å². The van der Waals surface area contributed by atoms with E-state index in [0.717, 1.165) is 6.92 Å². The number of alkyl halides is 8. The van der Waals surface area contributed by atoms with Crippen LogP contribution in [0, 0.1) is 0 Å². The number of hydrogen-bond donors (Lipinski definition) is 1. The van der Waals surface area contributed by atoms with Gasteiger partial charge in [-0.1, -0.05) is 18.8 Å². The van der Waals surface area contributed by atoms with E-state index >= 15 is 0 Å². The summed E-state index contributed by atoms with van der Waals surface area (Å²) in [5.74, 6) is -5.87. The van der Waals surface area contributed by atoms with Crippen molar-refractivity contribution >= 4 is 22.9 Å². The molecule has 0 unspecified atom stereocenters. The number of hydrogen-bond acceptors (Lipinski definition) is 2. The first-order chi connectivity index (χ1) is 9.53. The molecule has 0 bridgehead atoms.